The van der Waals surface area contributed by atoms with Crippen LogP contribution in [0.4, 0.5) is 0 Å². The van der Waals surface area contributed by atoms with Crippen molar-refractivity contribution in [3.05, 3.63) is 34.6 Å². The van der Waals surface area contributed by atoms with E-state index in [-0.39, 0.29) is 29.3 Å². The number of ether oxygens (including phenoxy) is 1. The molecule has 7 heteroatoms. The predicted octanol–water partition coefficient (Wildman–Crippen LogP) is 2.92. The number of likely N-dealkylation sites (tertiary alicyclic amines) is 1. The van der Waals surface area contributed by atoms with Crippen LogP contribution in [0.3, 0.4) is 0 Å². The van der Waals surface area contributed by atoms with Crippen LogP contribution < -0.4 is 5.56 Å². The minimum Gasteiger partial charge on any atom is -0.383 e. The lowest BCUT2D eigenvalue weighted by Gasteiger charge is -2.39. The van der Waals surface area contributed by atoms with Crippen molar-refractivity contribution in [2.75, 3.05) is 19.5 Å². The number of rotatable bonds is 6. The van der Waals surface area contributed by atoms with Crippen molar-refractivity contribution in [2.24, 2.45) is 0 Å². The number of fused-ring (bicyclic) bond motifs is 1. The Bertz CT molecular complexity index is 857. The van der Waals surface area contributed by atoms with Gasteiger partial charge < -0.3 is 9.64 Å². The van der Waals surface area contributed by atoms with Crippen molar-refractivity contribution in [1.29, 1.82) is 0 Å². The largest absolute Gasteiger partial charge is 0.383 e. The molecule has 0 bridgehead atoms. The Morgan fingerprint density at radius 3 is 2.67 bits per heavy atom. The van der Waals surface area contributed by atoms with E-state index >= 15 is 0 Å². The molecule has 146 valence electrons. The maximum Gasteiger partial charge on any atom is 0.262 e. The average Bonchev–Trinajstić information content (AvgIpc) is 2.65. The molecule has 0 aliphatic carbocycles. The highest BCUT2D eigenvalue weighted by Crippen LogP contribution is 2.25. The molecule has 2 atom stereocenters. The number of piperidine rings is 1. The average molecular weight is 390 g/mol. The first kappa shape index (κ1) is 19.9. The van der Waals surface area contributed by atoms with Crippen molar-refractivity contribution in [2.45, 2.75) is 56.9 Å². The summed E-state index contributed by atoms with van der Waals surface area (Å²) in [5.41, 5.74) is 0.568. The van der Waals surface area contributed by atoms with Gasteiger partial charge in [-0.1, -0.05) is 23.9 Å². The SMILES string of the molecule is COCCn1c(SCC(=O)N2C(C)CCCC2C)nc2ccccc2c1=O. The third-order valence-electron chi connectivity index (χ3n) is 5.15. The quantitative estimate of drug-likeness (QED) is 0.561. The zero-order chi connectivity index (χ0) is 19.4. The van der Waals surface area contributed by atoms with Crippen molar-refractivity contribution < 1.29 is 9.53 Å². The number of carbonyl (C=O) groups is 1. The summed E-state index contributed by atoms with van der Waals surface area (Å²) in [7, 11) is 1.61. The van der Waals surface area contributed by atoms with Crippen LogP contribution in [-0.4, -0.2) is 51.9 Å². The summed E-state index contributed by atoms with van der Waals surface area (Å²) >= 11 is 1.34. The molecule has 1 amide bonds. The molecular weight excluding hydrogens is 362 g/mol. The Hall–Kier alpha value is -1.86. The Balaban J connectivity index is 1.84. The summed E-state index contributed by atoms with van der Waals surface area (Å²) in [6.45, 7) is 5.06. The molecule has 2 unspecified atom stereocenters. The summed E-state index contributed by atoms with van der Waals surface area (Å²) in [5.74, 6) is 0.396. The summed E-state index contributed by atoms with van der Waals surface area (Å²) in [6.07, 6.45) is 3.27. The van der Waals surface area contributed by atoms with Crippen molar-refractivity contribution in [3.63, 3.8) is 0 Å². The molecular formula is C20H27N3O3S. The molecule has 2 aromatic rings. The lowest BCUT2D eigenvalue weighted by molar-refractivity contribution is -0.134. The summed E-state index contributed by atoms with van der Waals surface area (Å²) in [4.78, 5) is 32.3. The summed E-state index contributed by atoms with van der Waals surface area (Å²) in [6, 6.07) is 7.85. The van der Waals surface area contributed by atoms with E-state index in [2.05, 4.69) is 18.8 Å². The van der Waals surface area contributed by atoms with Gasteiger partial charge in [-0.2, -0.15) is 0 Å². The number of hydrogen-bond donors (Lipinski definition) is 0. The van der Waals surface area contributed by atoms with Gasteiger partial charge in [0.25, 0.3) is 5.56 Å². The highest BCUT2D eigenvalue weighted by Gasteiger charge is 2.29. The van der Waals surface area contributed by atoms with Crippen LogP contribution in [0.2, 0.25) is 0 Å². The molecule has 0 spiro atoms. The molecule has 1 aliphatic heterocycles. The normalized spacial score (nSPS) is 20.2. The van der Waals surface area contributed by atoms with Gasteiger partial charge in [-0.3, -0.25) is 14.2 Å². The second kappa shape index (κ2) is 8.89. The number of thioether (sulfide) groups is 1. The second-order valence-corrected chi connectivity index (χ2v) is 8.02. The van der Waals surface area contributed by atoms with Gasteiger partial charge >= 0.3 is 0 Å². The second-order valence-electron chi connectivity index (χ2n) is 7.08. The first-order chi connectivity index (χ1) is 13.0. The van der Waals surface area contributed by atoms with Gasteiger partial charge in [0.05, 0.1) is 29.8 Å². The minimum absolute atomic E-state index is 0.0905. The first-order valence-electron chi connectivity index (χ1n) is 9.45. The molecule has 1 saturated heterocycles. The third-order valence-corrected chi connectivity index (χ3v) is 6.11. The maximum absolute atomic E-state index is 12.9. The fourth-order valence-corrected chi connectivity index (χ4v) is 4.65. The lowest BCUT2D eigenvalue weighted by Crippen LogP contribution is -2.48. The number of hydrogen-bond acceptors (Lipinski definition) is 5. The van der Waals surface area contributed by atoms with Gasteiger partial charge in [-0.25, -0.2) is 4.98 Å². The van der Waals surface area contributed by atoms with E-state index in [4.69, 9.17) is 4.74 Å². The van der Waals surface area contributed by atoms with Crippen molar-refractivity contribution in [1.82, 2.24) is 14.5 Å². The van der Waals surface area contributed by atoms with Crippen LogP contribution >= 0.6 is 11.8 Å². The zero-order valence-electron chi connectivity index (χ0n) is 16.2. The molecule has 0 radical (unpaired) electrons. The van der Waals surface area contributed by atoms with Crippen LogP contribution in [0, 0.1) is 0 Å². The molecule has 3 rings (SSSR count). The van der Waals surface area contributed by atoms with E-state index in [0.717, 1.165) is 12.8 Å². The topological polar surface area (TPSA) is 64.4 Å². The number of methoxy groups -OCH3 is 1. The first-order valence-corrected chi connectivity index (χ1v) is 10.4. The Kier molecular flexibility index (Phi) is 6.55. The van der Waals surface area contributed by atoms with E-state index in [1.54, 1.807) is 17.7 Å². The molecule has 2 heterocycles. The van der Waals surface area contributed by atoms with Gasteiger partial charge in [0.2, 0.25) is 5.91 Å². The van der Waals surface area contributed by atoms with Crippen LogP contribution in [0.15, 0.2) is 34.2 Å². The number of nitrogens with zero attached hydrogens (tertiary/aromatic N) is 3. The van der Waals surface area contributed by atoms with Crippen LogP contribution in [-0.2, 0) is 16.1 Å². The lowest BCUT2D eigenvalue weighted by atomic mass is 9.98. The highest BCUT2D eigenvalue weighted by molar-refractivity contribution is 7.99. The van der Waals surface area contributed by atoms with Gasteiger partial charge in [0.1, 0.15) is 0 Å². The van der Waals surface area contributed by atoms with E-state index in [0.29, 0.717) is 29.2 Å². The molecule has 1 aliphatic rings. The van der Waals surface area contributed by atoms with E-state index < -0.39 is 0 Å². The van der Waals surface area contributed by atoms with Gasteiger partial charge in [-0.15, -0.1) is 0 Å². The fourth-order valence-electron chi connectivity index (χ4n) is 3.75. The minimum atomic E-state index is -0.0905. The van der Waals surface area contributed by atoms with Gasteiger partial charge in [0.15, 0.2) is 5.16 Å². The smallest absolute Gasteiger partial charge is 0.262 e. The van der Waals surface area contributed by atoms with Gasteiger partial charge in [0, 0.05) is 19.2 Å². The molecule has 1 fully saturated rings. The monoisotopic (exact) mass is 389 g/mol. The maximum atomic E-state index is 12.9. The highest BCUT2D eigenvalue weighted by atomic mass is 32.2. The van der Waals surface area contributed by atoms with Crippen molar-refractivity contribution >= 4 is 28.6 Å². The fraction of sp³-hybridized carbons (Fsp3) is 0.550. The summed E-state index contributed by atoms with van der Waals surface area (Å²) in [5, 5.41) is 1.16. The predicted molar refractivity (Wildman–Crippen MR) is 108 cm³/mol. The third kappa shape index (κ3) is 4.35. The Morgan fingerprint density at radius 2 is 1.96 bits per heavy atom. The molecule has 6 nitrogen and oxygen atoms in total. The van der Waals surface area contributed by atoms with Crippen LogP contribution in [0.25, 0.3) is 10.9 Å². The molecule has 1 aromatic carbocycles. The van der Waals surface area contributed by atoms with Crippen LogP contribution in [0.1, 0.15) is 33.1 Å². The van der Waals surface area contributed by atoms with Crippen molar-refractivity contribution in [3.8, 4) is 0 Å². The standard InChI is InChI=1S/C20H27N3O3S/c1-14-7-6-8-15(2)23(14)18(24)13-27-20-21-17-10-5-4-9-16(17)19(25)22(20)11-12-26-3/h4-5,9-10,14-15H,6-8,11-13H2,1-3H3. The van der Waals surface area contributed by atoms with E-state index in [9.17, 15) is 9.59 Å². The number of benzene rings is 1. The zero-order valence-corrected chi connectivity index (χ0v) is 17.0. The van der Waals surface area contributed by atoms with E-state index in [1.165, 1.54) is 18.2 Å². The van der Waals surface area contributed by atoms with E-state index in [1.807, 2.05) is 23.1 Å². The Labute approximate surface area is 163 Å². The molecule has 1 aromatic heterocycles. The van der Waals surface area contributed by atoms with Crippen LogP contribution in [0.5, 0.6) is 0 Å². The molecule has 0 saturated carbocycles. The van der Waals surface area contributed by atoms with Gasteiger partial charge in [-0.05, 0) is 45.2 Å². The number of amides is 1. The number of para-hydroxylation sites is 1. The number of aromatic nitrogens is 2. The Morgan fingerprint density at radius 1 is 1.26 bits per heavy atom. The number of carbonyl (C=O) groups excluding carboxylic acids is 1. The molecule has 0 N–H and O–H groups in total. The summed E-state index contributed by atoms with van der Waals surface area (Å²) < 4.78 is 6.76. The molecule has 27 heavy (non-hydrogen) atoms.